The largest absolute Gasteiger partial charge is 0.365 e. The van der Waals surface area contributed by atoms with Crippen LogP contribution in [0.4, 0.5) is 0 Å². The summed E-state index contributed by atoms with van der Waals surface area (Å²) in [6, 6.07) is 10.3. The molecule has 0 saturated heterocycles. The highest BCUT2D eigenvalue weighted by Crippen LogP contribution is 2.37. The second-order valence-corrected chi connectivity index (χ2v) is 6.91. The fourth-order valence-corrected chi connectivity index (χ4v) is 3.16. The fraction of sp³-hybridized carbons (Fsp3) is 0.412. The topological polar surface area (TPSA) is 18.5 Å². The summed E-state index contributed by atoms with van der Waals surface area (Å²) in [6.45, 7) is 8.61. The molecule has 0 spiro atoms. The molecule has 0 heterocycles. The van der Waals surface area contributed by atoms with E-state index in [1.165, 1.54) is 0 Å². The molecule has 2 atom stereocenters. The van der Waals surface area contributed by atoms with E-state index in [1.54, 1.807) is 0 Å². The van der Waals surface area contributed by atoms with E-state index < -0.39 is 0 Å². The summed E-state index contributed by atoms with van der Waals surface area (Å²) in [5.74, 6) is 0. The quantitative estimate of drug-likeness (QED) is 0.695. The minimum absolute atomic E-state index is 0.195. The van der Waals surface area contributed by atoms with Crippen LogP contribution in [0.5, 0.6) is 0 Å². The zero-order valence-corrected chi connectivity index (χ0v) is 14.9. The van der Waals surface area contributed by atoms with Gasteiger partial charge in [0, 0.05) is 20.4 Å². The van der Waals surface area contributed by atoms with Crippen molar-refractivity contribution in [3.05, 3.63) is 46.5 Å². The number of aryl methyl sites for hydroxylation is 1. The summed E-state index contributed by atoms with van der Waals surface area (Å²) in [5.41, 5.74) is 1.86. The molecule has 0 fully saturated rings. The zero-order chi connectivity index (χ0) is 15.6. The number of fused-ring (bicyclic) bond motifs is 1. The van der Waals surface area contributed by atoms with Gasteiger partial charge in [0.2, 0.25) is 0 Å². The molecule has 0 bridgehead atoms. The normalized spacial score (nSPS) is 13.6. The zero-order valence-electron chi connectivity index (χ0n) is 12.9. The second kappa shape index (κ2) is 6.62. The minimum Gasteiger partial charge on any atom is -0.365 e. The van der Waals surface area contributed by atoms with Crippen LogP contribution < -0.4 is 0 Å². The van der Waals surface area contributed by atoms with Crippen molar-refractivity contribution in [2.45, 2.75) is 39.4 Å². The Labute approximate surface area is 134 Å². The average molecular weight is 325 g/mol. The standard InChI is InChI=1S/C17H22ClO2P/c1-11-9-12-7-5-6-8-13(12)16(18)15(11)14(10-19-21)20-17(2,3)4/h5-9,14H,10,21H2,1-4H3/t14-/m1/s1. The van der Waals surface area contributed by atoms with Crippen LogP contribution in [0, 0.1) is 6.92 Å². The molecule has 0 aromatic heterocycles. The van der Waals surface area contributed by atoms with Crippen molar-refractivity contribution in [2.75, 3.05) is 6.61 Å². The Morgan fingerprint density at radius 3 is 2.52 bits per heavy atom. The summed E-state index contributed by atoms with van der Waals surface area (Å²) in [5, 5.41) is 2.94. The summed E-state index contributed by atoms with van der Waals surface area (Å²) in [6.07, 6.45) is -0.195. The van der Waals surface area contributed by atoms with Crippen LogP contribution >= 0.6 is 21.1 Å². The molecule has 0 radical (unpaired) electrons. The van der Waals surface area contributed by atoms with Crippen LogP contribution in [0.3, 0.4) is 0 Å². The lowest BCUT2D eigenvalue weighted by molar-refractivity contribution is -0.0763. The summed E-state index contributed by atoms with van der Waals surface area (Å²) < 4.78 is 11.4. The van der Waals surface area contributed by atoms with Crippen molar-refractivity contribution in [1.82, 2.24) is 0 Å². The van der Waals surface area contributed by atoms with E-state index in [1.807, 2.05) is 39.0 Å². The first-order chi connectivity index (χ1) is 9.83. The number of ether oxygens (including phenoxy) is 1. The Morgan fingerprint density at radius 2 is 1.90 bits per heavy atom. The molecule has 0 aliphatic rings. The minimum atomic E-state index is -0.269. The predicted octanol–water partition coefficient (Wildman–Crippen LogP) is 5.46. The van der Waals surface area contributed by atoms with Crippen molar-refractivity contribution < 1.29 is 9.26 Å². The molecule has 1 unspecified atom stereocenters. The lowest BCUT2D eigenvalue weighted by atomic mass is 9.97. The van der Waals surface area contributed by atoms with Gasteiger partial charge in [0.25, 0.3) is 0 Å². The maximum atomic E-state index is 6.66. The lowest BCUT2D eigenvalue weighted by Crippen LogP contribution is -2.25. The van der Waals surface area contributed by atoms with E-state index in [0.29, 0.717) is 6.61 Å². The van der Waals surface area contributed by atoms with Crippen molar-refractivity contribution in [2.24, 2.45) is 0 Å². The molecule has 2 rings (SSSR count). The van der Waals surface area contributed by atoms with Gasteiger partial charge in [0.1, 0.15) is 6.10 Å². The maximum Gasteiger partial charge on any atom is 0.109 e. The number of benzene rings is 2. The molecule has 4 heteroatoms. The smallest absolute Gasteiger partial charge is 0.109 e. The van der Waals surface area contributed by atoms with Crippen molar-refractivity contribution in [3.8, 4) is 0 Å². The average Bonchev–Trinajstić information content (AvgIpc) is 2.37. The van der Waals surface area contributed by atoms with E-state index in [-0.39, 0.29) is 11.7 Å². The maximum absolute atomic E-state index is 6.66. The monoisotopic (exact) mass is 324 g/mol. The van der Waals surface area contributed by atoms with Gasteiger partial charge in [-0.2, -0.15) is 0 Å². The van der Waals surface area contributed by atoms with Gasteiger partial charge in [-0.25, -0.2) is 0 Å². The predicted molar refractivity (Wildman–Crippen MR) is 92.9 cm³/mol. The molecule has 2 aromatic rings. The number of hydrogen-bond donors (Lipinski definition) is 0. The Kier molecular flexibility index (Phi) is 5.27. The van der Waals surface area contributed by atoms with Gasteiger partial charge >= 0.3 is 0 Å². The first-order valence-corrected chi connectivity index (χ1v) is 7.85. The van der Waals surface area contributed by atoms with Gasteiger partial charge in [0.15, 0.2) is 0 Å². The molecule has 0 saturated carbocycles. The molecule has 114 valence electrons. The van der Waals surface area contributed by atoms with Crippen molar-refractivity contribution in [3.63, 3.8) is 0 Å². The lowest BCUT2D eigenvalue weighted by Gasteiger charge is -2.29. The van der Waals surface area contributed by atoms with Crippen LogP contribution in [0.1, 0.15) is 38.0 Å². The van der Waals surface area contributed by atoms with Gasteiger partial charge in [-0.1, -0.05) is 41.9 Å². The summed E-state index contributed by atoms with van der Waals surface area (Å²) >= 11 is 6.66. The Morgan fingerprint density at radius 1 is 1.24 bits per heavy atom. The number of halogens is 1. The van der Waals surface area contributed by atoms with E-state index in [4.69, 9.17) is 20.9 Å². The molecule has 2 nitrogen and oxygen atoms in total. The van der Waals surface area contributed by atoms with Crippen molar-refractivity contribution in [1.29, 1.82) is 0 Å². The van der Waals surface area contributed by atoms with Crippen LogP contribution in [0.2, 0.25) is 5.02 Å². The van der Waals surface area contributed by atoms with Gasteiger partial charge < -0.3 is 9.26 Å². The van der Waals surface area contributed by atoms with E-state index in [9.17, 15) is 0 Å². The summed E-state index contributed by atoms with van der Waals surface area (Å²) in [4.78, 5) is 0. The highest BCUT2D eigenvalue weighted by atomic mass is 35.5. The second-order valence-electron chi connectivity index (χ2n) is 6.19. The molecule has 21 heavy (non-hydrogen) atoms. The fourth-order valence-electron chi connectivity index (χ4n) is 2.54. The molecular formula is C17H22ClO2P. The van der Waals surface area contributed by atoms with Gasteiger partial charge in [-0.3, -0.25) is 0 Å². The first-order valence-electron chi connectivity index (χ1n) is 7.00. The Balaban J connectivity index is 2.56. The number of rotatable bonds is 4. The Bertz CT molecular complexity index is 634. The van der Waals surface area contributed by atoms with Crippen molar-refractivity contribution >= 4 is 31.8 Å². The van der Waals surface area contributed by atoms with Gasteiger partial charge in [0.05, 0.1) is 17.2 Å². The van der Waals surface area contributed by atoms with Crippen LogP contribution in [0.15, 0.2) is 30.3 Å². The third-order valence-electron chi connectivity index (χ3n) is 3.30. The molecule has 0 amide bonds. The van der Waals surface area contributed by atoms with E-state index in [2.05, 4.69) is 28.5 Å². The molecule has 2 aromatic carbocycles. The molecular weight excluding hydrogens is 303 g/mol. The molecule has 0 aliphatic carbocycles. The number of hydrogen-bond acceptors (Lipinski definition) is 2. The van der Waals surface area contributed by atoms with Gasteiger partial charge in [-0.15, -0.1) is 0 Å². The van der Waals surface area contributed by atoms with Crippen LogP contribution in [-0.4, -0.2) is 12.2 Å². The summed E-state index contributed by atoms with van der Waals surface area (Å²) in [7, 11) is 2.28. The van der Waals surface area contributed by atoms with Crippen LogP contribution in [-0.2, 0) is 9.26 Å². The van der Waals surface area contributed by atoms with E-state index in [0.717, 1.165) is 26.9 Å². The van der Waals surface area contributed by atoms with Crippen LogP contribution in [0.25, 0.3) is 10.8 Å². The third kappa shape index (κ3) is 3.96. The third-order valence-corrected chi connectivity index (χ3v) is 3.90. The van der Waals surface area contributed by atoms with E-state index >= 15 is 0 Å². The molecule has 0 aliphatic heterocycles. The molecule has 0 N–H and O–H groups in total. The van der Waals surface area contributed by atoms with Gasteiger partial charge in [-0.05, 0) is 38.6 Å². The Hall–Kier alpha value is -0.660. The highest BCUT2D eigenvalue weighted by molar-refractivity contribution is 7.09. The SMILES string of the molecule is Cc1cc2ccccc2c(Cl)c1[C@@H](COP)OC(C)(C)C. The highest BCUT2D eigenvalue weighted by Gasteiger charge is 2.25. The first kappa shape index (κ1) is 16.7.